The molecule has 11 heteroatoms. The van der Waals surface area contributed by atoms with Crippen LogP contribution in [0.25, 0.3) is 11.4 Å². The van der Waals surface area contributed by atoms with E-state index in [0.29, 0.717) is 17.1 Å². The summed E-state index contributed by atoms with van der Waals surface area (Å²) < 4.78 is 48.9. The summed E-state index contributed by atoms with van der Waals surface area (Å²) in [5.74, 6) is -0.390. The SMILES string of the molecule is COc1ccccc1-c1nc(SNC(=O)c2ccccc2OC(F)(F)F)n[nH]1. The molecule has 1 aromatic heterocycles. The largest absolute Gasteiger partial charge is 0.573 e. The molecule has 0 radical (unpaired) electrons. The Hall–Kier alpha value is -3.21. The van der Waals surface area contributed by atoms with E-state index < -0.39 is 18.0 Å². The fourth-order valence-corrected chi connectivity index (χ4v) is 2.79. The van der Waals surface area contributed by atoms with Crippen LogP contribution in [0.15, 0.2) is 53.7 Å². The van der Waals surface area contributed by atoms with Gasteiger partial charge in [-0.3, -0.25) is 14.6 Å². The van der Waals surface area contributed by atoms with Gasteiger partial charge in [-0.05, 0) is 24.3 Å². The maximum atomic E-state index is 12.5. The molecule has 0 fully saturated rings. The van der Waals surface area contributed by atoms with Gasteiger partial charge in [0.2, 0.25) is 5.16 Å². The summed E-state index contributed by atoms with van der Waals surface area (Å²) in [4.78, 5) is 16.5. The van der Waals surface area contributed by atoms with Crippen LogP contribution in [-0.4, -0.2) is 34.6 Å². The number of carbonyl (C=O) groups is 1. The summed E-state index contributed by atoms with van der Waals surface area (Å²) >= 11 is 0.748. The van der Waals surface area contributed by atoms with Crippen LogP contribution >= 0.6 is 11.9 Å². The number of alkyl halides is 3. The number of ether oxygens (including phenoxy) is 2. The monoisotopic (exact) mass is 410 g/mol. The molecule has 2 N–H and O–H groups in total. The average molecular weight is 410 g/mol. The van der Waals surface area contributed by atoms with Crippen molar-refractivity contribution in [2.75, 3.05) is 7.11 Å². The van der Waals surface area contributed by atoms with Crippen molar-refractivity contribution in [2.24, 2.45) is 0 Å². The Morgan fingerprint density at radius 3 is 2.50 bits per heavy atom. The fourth-order valence-electron chi connectivity index (χ4n) is 2.27. The van der Waals surface area contributed by atoms with Gasteiger partial charge in [0, 0.05) is 11.9 Å². The summed E-state index contributed by atoms with van der Waals surface area (Å²) in [6.45, 7) is 0. The molecule has 146 valence electrons. The molecule has 0 bridgehead atoms. The number of aromatic nitrogens is 3. The average Bonchev–Trinajstić information content (AvgIpc) is 3.14. The number of nitrogens with zero attached hydrogens (tertiary/aromatic N) is 2. The normalized spacial score (nSPS) is 11.1. The number of amides is 1. The van der Waals surface area contributed by atoms with Gasteiger partial charge in [0.15, 0.2) is 5.82 Å². The lowest BCUT2D eigenvalue weighted by Gasteiger charge is -2.12. The molecule has 0 aliphatic carbocycles. The summed E-state index contributed by atoms with van der Waals surface area (Å²) in [7, 11) is 1.52. The van der Waals surface area contributed by atoms with Crippen molar-refractivity contribution in [1.82, 2.24) is 19.9 Å². The third-order valence-electron chi connectivity index (χ3n) is 3.42. The smallest absolute Gasteiger partial charge is 0.496 e. The van der Waals surface area contributed by atoms with Crippen LogP contribution < -0.4 is 14.2 Å². The second kappa shape index (κ2) is 8.21. The first kappa shape index (κ1) is 19.5. The number of nitrogens with one attached hydrogen (secondary N) is 2. The van der Waals surface area contributed by atoms with Gasteiger partial charge in [-0.15, -0.1) is 18.3 Å². The standard InChI is InChI=1S/C17H13F3N4O3S/c1-26-12-8-4-2-6-10(12)14-21-16(23-22-14)28-24-15(25)11-7-3-5-9-13(11)27-17(18,19)20/h2-9H,1H3,(H,24,25)(H,21,22,23). The molecule has 0 saturated carbocycles. The van der Waals surface area contributed by atoms with Crippen molar-refractivity contribution in [2.45, 2.75) is 11.5 Å². The van der Waals surface area contributed by atoms with Crippen molar-refractivity contribution >= 4 is 17.9 Å². The van der Waals surface area contributed by atoms with E-state index >= 15 is 0 Å². The summed E-state index contributed by atoms with van der Waals surface area (Å²) in [6.07, 6.45) is -4.91. The first-order valence-corrected chi connectivity index (χ1v) is 8.57. The molecule has 1 amide bonds. The molecule has 3 aromatic rings. The molecule has 2 aromatic carbocycles. The lowest BCUT2D eigenvalue weighted by atomic mass is 10.2. The van der Waals surface area contributed by atoms with Crippen molar-refractivity contribution in [3.8, 4) is 22.9 Å². The molecule has 7 nitrogen and oxygen atoms in total. The van der Waals surface area contributed by atoms with Crippen molar-refractivity contribution in [1.29, 1.82) is 0 Å². The number of halogens is 3. The number of H-pyrrole nitrogens is 1. The highest BCUT2D eigenvalue weighted by Crippen LogP contribution is 2.29. The Kier molecular flexibility index (Phi) is 5.73. The van der Waals surface area contributed by atoms with Gasteiger partial charge in [-0.2, -0.15) is 4.98 Å². The Balaban J connectivity index is 1.70. The molecule has 0 aliphatic heterocycles. The zero-order valence-corrected chi connectivity index (χ0v) is 15.1. The predicted octanol–water partition coefficient (Wildman–Crippen LogP) is 3.82. The summed E-state index contributed by atoms with van der Waals surface area (Å²) in [5, 5.41) is 6.85. The highest BCUT2D eigenvalue weighted by molar-refractivity contribution is 7.97. The summed E-state index contributed by atoms with van der Waals surface area (Å²) in [5.41, 5.74) is 0.396. The predicted molar refractivity (Wildman–Crippen MR) is 94.8 cm³/mol. The van der Waals surface area contributed by atoms with Gasteiger partial charge in [-0.25, -0.2) is 0 Å². The number of para-hydroxylation sites is 2. The van der Waals surface area contributed by atoms with Crippen LogP contribution in [0.1, 0.15) is 10.4 Å². The third kappa shape index (κ3) is 4.74. The van der Waals surface area contributed by atoms with Crippen LogP contribution in [0.3, 0.4) is 0 Å². The fraction of sp³-hybridized carbons (Fsp3) is 0.118. The number of benzene rings is 2. The van der Waals surface area contributed by atoms with E-state index in [2.05, 4.69) is 24.6 Å². The number of methoxy groups -OCH3 is 1. The molecule has 0 atom stereocenters. The molecule has 0 spiro atoms. The van der Waals surface area contributed by atoms with Gasteiger partial charge < -0.3 is 9.47 Å². The number of rotatable bonds is 6. The Morgan fingerprint density at radius 2 is 1.79 bits per heavy atom. The highest BCUT2D eigenvalue weighted by atomic mass is 32.2. The molecular weight excluding hydrogens is 397 g/mol. The minimum atomic E-state index is -4.91. The maximum absolute atomic E-state index is 12.5. The van der Waals surface area contributed by atoms with Gasteiger partial charge in [-0.1, -0.05) is 24.3 Å². The molecule has 0 unspecified atom stereocenters. The third-order valence-corrected chi connectivity index (χ3v) is 4.07. The van der Waals surface area contributed by atoms with E-state index in [1.807, 2.05) is 0 Å². The number of aromatic amines is 1. The zero-order chi connectivity index (χ0) is 20.1. The van der Waals surface area contributed by atoms with E-state index in [1.54, 1.807) is 24.3 Å². The van der Waals surface area contributed by atoms with E-state index in [4.69, 9.17) is 4.74 Å². The van der Waals surface area contributed by atoms with Gasteiger partial charge in [0.05, 0.1) is 18.2 Å². The zero-order valence-electron chi connectivity index (χ0n) is 14.3. The van der Waals surface area contributed by atoms with Crippen molar-refractivity contribution in [3.05, 3.63) is 54.1 Å². The Morgan fingerprint density at radius 1 is 1.11 bits per heavy atom. The minimum absolute atomic E-state index is 0.170. The topological polar surface area (TPSA) is 89.1 Å². The van der Waals surface area contributed by atoms with Gasteiger partial charge in [0.1, 0.15) is 11.5 Å². The first-order valence-electron chi connectivity index (χ1n) is 7.75. The van der Waals surface area contributed by atoms with E-state index in [1.165, 1.54) is 25.3 Å². The Bertz CT molecular complexity index is 978. The maximum Gasteiger partial charge on any atom is 0.573 e. The molecule has 0 aliphatic rings. The van der Waals surface area contributed by atoms with Gasteiger partial charge >= 0.3 is 6.36 Å². The van der Waals surface area contributed by atoms with Crippen LogP contribution in [-0.2, 0) is 0 Å². The number of hydrogen-bond donors (Lipinski definition) is 2. The Labute approximate surface area is 161 Å². The van der Waals surface area contributed by atoms with Gasteiger partial charge in [0.25, 0.3) is 5.91 Å². The minimum Gasteiger partial charge on any atom is -0.496 e. The molecule has 28 heavy (non-hydrogen) atoms. The quantitative estimate of drug-likeness (QED) is 0.601. The molecule has 3 rings (SSSR count). The second-order valence-electron chi connectivity index (χ2n) is 5.24. The van der Waals surface area contributed by atoms with Crippen LogP contribution in [0.5, 0.6) is 11.5 Å². The first-order chi connectivity index (χ1) is 13.4. The van der Waals surface area contributed by atoms with E-state index in [9.17, 15) is 18.0 Å². The molecular formula is C17H13F3N4O3S. The lowest BCUT2D eigenvalue weighted by molar-refractivity contribution is -0.274. The lowest BCUT2D eigenvalue weighted by Crippen LogP contribution is -2.22. The van der Waals surface area contributed by atoms with Crippen LogP contribution in [0.2, 0.25) is 0 Å². The number of carbonyl (C=O) groups excluding carboxylic acids is 1. The van der Waals surface area contributed by atoms with E-state index in [-0.39, 0.29) is 10.7 Å². The van der Waals surface area contributed by atoms with Crippen molar-refractivity contribution in [3.63, 3.8) is 0 Å². The second-order valence-corrected chi connectivity index (χ2v) is 6.02. The molecule has 0 saturated heterocycles. The van der Waals surface area contributed by atoms with Crippen LogP contribution in [0.4, 0.5) is 13.2 Å². The van der Waals surface area contributed by atoms with Crippen LogP contribution in [0, 0.1) is 0 Å². The number of hydrogen-bond acceptors (Lipinski definition) is 6. The van der Waals surface area contributed by atoms with Crippen molar-refractivity contribution < 1.29 is 27.4 Å². The molecule has 1 heterocycles. The highest BCUT2D eigenvalue weighted by Gasteiger charge is 2.32. The summed E-state index contributed by atoms with van der Waals surface area (Å²) in [6, 6.07) is 12.2. The van der Waals surface area contributed by atoms with E-state index in [0.717, 1.165) is 18.0 Å².